The monoisotopic (exact) mass is 838 g/mol. The lowest BCUT2D eigenvalue weighted by atomic mass is 9.86. The number of sulfonamides is 1. The number of nitrogens with one attached hydrogen (secondary N) is 3. The summed E-state index contributed by atoms with van der Waals surface area (Å²) in [7, 11) is 1.36. The van der Waals surface area contributed by atoms with E-state index in [1.807, 2.05) is 45.0 Å². The van der Waals surface area contributed by atoms with Gasteiger partial charge in [-0.05, 0) is 80.0 Å². The van der Waals surface area contributed by atoms with Crippen LogP contribution in [0.4, 0.5) is 33.4 Å². The third-order valence-corrected chi connectivity index (χ3v) is 10.8. The fourth-order valence-corrected chi connectivity index (χ4v) is 7.65. The van der Waals surface area contributed by atoms with Gasteiger partial charge in [0.25, 0.3) is 5.91 Å². The van der Waals surface area contributed by atoms with E-state index in [-0.39, 0.29) is 23.0 Å². The first-order chi connectivity index (χ1) is 28.5. The molecule has 1 aliphatic rings. The molecule has 0 bridgehead atoms. The largest absolute Gasteiger partial charge is 0.497 e. The van der Waals surface area contributed by atoms with Crippen molar-refractivity contribution in [3.63, 3.8) is 0 Å². The summed E-state index contributed by atoms with van der Waals surface area (Å²) in [5, 5.41) is 7.62. The van der Waals surface area contributed by atoms with E-state index in [1.165, 1.54) is 12.0 Å². The number of fused-ring (bicyclic) bond motifs is 1. The van der Waals surface area contributed by atoms with Gasteiger partial charge in [0.1, 0.15) is 23.1 Å². The molecule has 0 radical (unpaired) electrons. The Morgan fingerprint density at radius 3 is 2.35 bits per heavy atom. The number of pyridine rings is 1. The molecule has 60 heavy (non-hydrogen) atoms. The molecule has 1 aliphatic heterocycles. The Labute approximate surface area is 351 Å². The summed E-state index contributed by atoms with van der Waals surface area (Å²) in [4.78, 5) is 37.2. The smallest absolute Gasteiger partial charge is 0.324 e. The van der Waals surface area contributed by atoms with Crippen molar-refractivity contribution >= 4 is 61.3 Å². The summed E-state index contributed by atoms with van der Waals surface area (Å²) in [6.45, 7) is 11.3. The van der Waals surface area contributed by atoms with Gasteiger partial charge in [-0.15, -0.1) is 0 Å². The summed E-state index contributed by atoms with van der Waals surface area (Å²) < 4.78 is 45.1. The Morgan fingerprint density at radius 1 is 0.883 bits per heavy atom. The number of amides is 3. The van der Waals surface area contributed by atoms with Crippen LogP contribution in [0.5, 0.6) is 23.0 Å². The van der Waals surface area contributed by atoms with E-state index in [1.54, 1.807) is 67.9 Å². The van der Waals surface area contributed by atoms with Gasteiger partial charge >= 0.3 is 6.03 Å². The standard InChI is InChI=1S/C44H54N8O7S/c1-44(2,3)30-25-36(49-60(7,55)56)41(58-6)38(26-30)52(43(45)54)37-13-14-39(35-12-9-8-11-34(35)37)59-32-15-16-46-40(28-32)48-31-23-29(24-33(27-31)57-5)42(53)47-17-20-51-19-10-18-50(4)21-22-51/h8-9,11-16,23-28,49H,10,17-22H2,1-7H3,(H2,45,54)(H,46,48)(H,47,53). The van der Waals surface area contributed by atoms with Crippen LogP contribution in [0.1, 0.15) is 43.1 Å². The molecule has 0 aliphatic carbocycles. The molecule has 0 atom stereocenters. The Bertz CT molecular complexity index is 2470. The maximum atomic E-state index is 13.4. The number of primary amides is 1. The van der Waals surface area contributed by atoms with Crippen molar-refractivity contribution in [2.45, 2.75) is 32.6 Å². The molecule has 16 heteroatoms. The predicted octanol–water partition coefficient (Wildman–Crippen LogP) is 7.04. The Morgan fingerprint density at radius 2 is 1.65 bits per heavy atom. The summed E-state index contributed by atoms with van der Waals surface area (Å²) in [6.07, 6.45) is 3.76. The number of anilines is 5. The summed E-state index contributed by atoms with van der Waals surface area (Å²) in [5.41, 5.74) is 8.30. The van der Waals surface area contributed by atoms with Crippen LogP contribution in [0.2, 0.25) is 0 Å². The van der Waals surface area contributed by atoms with E-state index in [2.05, 4.69) is 37.2 Å². The Balaban J connectivity index is 1.26. The quantitative estimate of drug-likeness (QED) is 0.0901. The van der Waals surface area contributed by atoms with Gasteiger partial charge in [-0.1, -0.05) is 45.0 Å². The van der Waals surface area contributed by atoms with Crippen LogP contribution < -0.4 is 40.2 Å². The highest BCUT2D eigenvalue weighted by molar-refractivity contribution is 7.92. The number of carbonyl (C=O) groups excluding carboxylic acids is 2. The van der Waals surface area contributed by atoms with E-state index in [0.717, 1.165) is 51.0 Å². The van der Waals surface area contributed by atoms with Crippen molar-refractivity contribution in [2.75, 3.05) is 81.7 Å². The van der Waals surface area contributed by atoms with Gasteiger partial charge in [-0.25, -0.2) is 18.2 Å². The second-order valence-corrected chi connectivity index (χ2v) is 17.6. The number of nitrogens with zero attached hydrogens (tertiary/aromatic N) is 4. The van der Waals surface area contributed by atoms with Crippen LogP contribution in [0.15, 0.2) is 85.1 Å². The number of methoxy groups -OCH3 is 2. The van der Waals surface area contributed by atoms with Crippen molar-refractivity contribution in [1.82, 2.24) is 20.1 Å². The number of urea groups is 1. The van der Waals surface area contributed by atoms with E-state index in [0.29, 0.717) is 57.3 Å². The molecule has 0 unspecified atom stereocenters. The first kappa shape index (κ1) is 43.5. The van der Waals surface area contributed by atoms with Gasteiger partial charge in [0.05, 0.1) is 37.5 Å². The SMILES string of the molecule is COc1cc(Nc2cc(Oc3ccc(N(C(N)=O)c4cc(C(C)(C)C)cc(NS(C)(=O)=O)c4OC)c4ccccc34)ccn2)cc(C(=O)NCCN2CCCN(C)CC2)c1. The lowest BCUT2D eigenvalue weighted by Gasteiger charge is -2.29. The molecule has 5 N–H and O–H groups in total. The topological polar surface area (TPSA) is 181 Å². The Kier molecular flexibility index (Phi) is 13.4. The molecule has 0 saturated carbocycles. The molecule has 15 nitrogen and oxygen atoms in total. The van der Waals surface area contributed by atoms with Crippen LogP contribution in [-0.2, 0) is 15.4 Å². The molecule has 5 aromatic rings. The summed E-state index contributed by atoms with van der Waals surface area (Å²) in [6, 6.07) is 22.2. The molecule has 1 fully saturated rings. The van der Waals surface area contributed by atoms with Gasteiger partial charge < -0.3 is 40.4 Å². The number of likely N-dealkylation sites (N-methyl/N-ethyl adjacent to an activating group) is 1. The van der Waals surface area contributed by atoms with Crippen molar-refractivity contribution < 1.29 is 32.2 Å². The fraction of sp³-hybridized carbons (Fsp3) is 0.341. The molecule has 1 saturated heterocycles. The molecule has 1 aromatic heterocycles. The number of benzene rings is 4. The molecule has 2 heterocycles. The van der Waals surface area contributed by atoms with E-state index >= 15 is 0 Å². The maximum Gasteiger partial charge on any atom is 0.324 e. The molecule has 0 spiro atoms. The minimum absolute atomic E-state index is 0.119. The maximum absolute atomic E-state index is 13.4. The fourth-order valence-electron chi connectivity index (χ4n) is 7.10. The molecular formula is C44H54N8O7S. The lowest BCUT2D eigenvalue weighted by molar-refractivity contribution is 0.0948. The molecule has 4 aromatic carbocycles. The predicted molar refractivity (Wildman–Crippen MR) is 237 cm³/mol. The summed E-state index contributed by atoms with van der Waals surface area (Å²) in [5.74, 6) is 1.84. The second kappa shape index (κ2) is 18.4. The van der Waals surface area contributed by atoms with Crippen molar-refractivity contribution in [2.24, 2.45) is 5.73 Å². The first-order valence-corrected chi connectivity index (χ1v) is 21.5. The molecule has 3 amide bonds. The number of rotatable bonds is 14. The first-order valence-electron chi connectivity index (χ1n) is 19.6. The van der Waals surface area contributed by atoms with Crippen LogP contribution in [0, 0.1) is 0 Å². The second-order valence-electron chi connectivity index (χ2n) is 15.8. The number of aromatic nitrogens is 1. The third-order valence-electron chi connectivity index (χ3n) is 10.2. The van der Waals surface area contributed by atoms with Crippen LogP contribution >= 0.6 is 0 Å². The highest BCUT2D eigenvalue weighted by atomic mass is 32.2. The lowest BCUT2D eigenvalue weighted by Crippen LogP contribution is -2.36. The molecular weight excluding hydrogens is 785 g/mol. The zero-order chi connectivity index (χ0) is 43.2. The van der Waals surface area contributed by atoms with Crippen molar-refractivity contribution in [3.05, 3.63) is 96.2 Å². The highest BCUT2D eigenvalue weighted by Crippen LogP contribution is 2.46. The molecule has 318 valence electrons. The van der Waals surface area contributed by atoms with E-state index in [9.17, 15) is 18.0 Å². The van der Waals surface area contributed by atoms with Gasteiger partial charge in [0.2, 0.25) is 10.0 Å². The number of hydrogen-bond donors (Lipinski definition) is 4. The number of ether oxygens (including phenoxy) is 3. The zero-order valence-electron chi connectivity index (χ0n) is 35.2. The molecule has 6 rings (SSSR count). The number of nitrogens with two attached hydrogens (primary N) is 1. The third kappa shape index (κ3) is 10.7. The minimum Gasteiger partial charge on any atom is -0.497 e. The van der Waals surface area contributed by atoms with Crippen LogP contribution in [0.25, 0.3) is 10.8 Å². The van der Waals surface area contributed by atoms with E-state index < -0.39 is 21.5 Å². The number of hydrogen-bond acceptors (Lipinski definition) is 11. The van der Waals surface area contributed by atoms with Gasteiger partial charge in [0, 0.05) is 66.5 Å². The van der Waals surface area contributed by atoms with Gasteiger partial charge in [0.15, 0.2) is 5.75 Å². The average Bonchev–Trinajstić information content (AvgIpc) is 3.40. The van der Waals surface area contributed by atoms with E-state index in [4.69, 9.17) is 19.9 Å². The normalized spacial score (nSPS) is 13.9. The van der Waals surface area contributed by atoms with Gasteiger partial charge in [-0.2, -0.15) is 0 Å². The van der Waals surface area contributed by atoms with Crippen molar-refractivity contribution in [1.29, 1.82) is 0 Å². The van der Waals surface area contributed by atoms with Crippen molar-refractivity contribution in [3.8, 4) is 23.0 Å². The van der Waals surface area contributed by atoms with Crippen LogP contribution in [0.3, 0.4) is 0 Å². The Hall–Kier alpha value is -6.10. The minimum atomic E-state index is -3.72. The summed E-state index contributed by atoms with van der Waals surface area (Å²) >= 11 is 0. The highest BCUT2D eigenvalue weighted by Gasteiger charge is 2.28. The zero-order valence-corrected chi connectivity index (χ0v) is 36.0. The number of carbonyl (C=O) groups is 2. The van der Waals surface area contributed by atoms with Gasteiger partial charge in [-0.3, -0.25) is 14.4 Å². The van der Waals surface area contributed by atoms with Crippen LogP contribution in [-0.4, -0.2) is 102 Å². The average molecular weight is 839 g/mol.